The molecule has 1 fully saturated rings. The molecule has 2 rings (SSSR count). The molecule has 0 heterocycles. The van der Waals surface area contributed by atoms with Gasteiger partial charge in [0.05, 0.1) is 12.2 Å². The van der Waals surface area contributed by atoms with Crippen LogP contribution in [0.25, 0.3) is 0 Å². The molecule has 1 N–H and O–H groups in total. The second-order valence-corrected chi connectivity index (χ2v) is 4.28. The van der Waals surface area contributed by atoms with Crippen LogP contribution >= 0.6 is 0 Å². The third-order valence-electron chi connectivity index (χ3n) is 3.26. The largest absolute Gasteiger partial charge is 0.395 e. The van der Waals surface area contributed by atoms with E-state index in [1.807, 2.05) is 11.0 Å². The van der Waals surface area contributed by atoms with Crippen molar-refractivity contribution < 1.29 is 9.50 Å². The van der Waals surface area contributed by atoms with Gasteiger partial charge >= 0.3 is 0 Å². The Morgan fingerprint density at radius 2 is 2.24 bits per heavy atom. The molecule has 0 atom stereocenters. The van der Waals surface area contributed by atoms with Crippen LogP contribution in [-0.2, 0) is 0 Å². The summed E-state index contributed by atoms with van der Waals surface area (Å²) < 4.78 is 13.5. The average Bonchev–Trinajstić information content (AvgIpc) is 2.26. The van der Waals surface area contributed by atoms with Crippen LogP contribution in [0.5, 0.6) is 0 Å². The smallest absolute Gasteiger partial charge is 0.143 e. The first-order valence-corrected chi connectivity index (χ1v) is 5.83. The predicted molar refractivity (Wildman–Crippen MR) is 63.2 cm³/mol. The maximum atomic E-state index is 13.5. The summed E-state index contributed by atoms with van der Waals surface area (Å²) in [4.78, 5) is 2.02. The van der Waals surface area contributed by atoms with Crippen LogP contribution in [0.2, 0.25) is 0 Å². The van der Waals surface area contributed by atoms with Crippen molar-refractivity contribution in [3.05, 3.63) is 29.6 Å². The van der Waals surface area contributed by atoms with Gasteiger partial charge in [0, 0.05) is 18.3 Å². The van der Waals surface area contributed by atoms with Gasteiger partial charge in [0.2, 0.25) is 0 Å². The molecule has 1 saturated carbocycles. The SMILES string of the molecule is N#Cc1ccc(N(CCO)C2CCC2)cc1F. The van der Waals surface area contributed by atoms with E-state index in [-0.39, 0.29) is 12.2 Å². The monoisotopic (exact) mass is 234 g/mol. The quantitative estimate of drug-likeness (QED) is 0.867. The molecule has 0 unspecified atom stereocenters. The standard InChI is InChI=1S/C13H15FN2O/c14-13-8-12(5-4-10(13)9-15)16(6-7-17)11-2-1-3-11/h4-5,8,11,17H,1-3,6-7H2. The van der Waals surface area contributed by atoms with Crippen molar-refractivity contribution in [3.8, 4) is 6.07 Å². The lowest BCUT2D eigenvalue weighted by Crippen LogP contribution is -2.42. The molecule has 0 saturated heterocycles. The molecule has 0 amide bonds. The van der Waals surface area contributed by atoms with Gasteiger partial charge in [0.25, 0.3) is 0 Å². The molecule has 1 aromatic carbocycles. The minimum atomic E-state index is -0.493. The van der Waals surface area contributed by atoms with Gasteiger partial charge < -0.3 is 10.0 Å². The molecule has 0 aliphatic heterocycles. The number of hydrogen-bond acceptors (Lipinski definition) is 3. The molecule has 0 radical (unpaired) electrons. The van der Waals surface area contributed by atoms with Crippen molar-refractivity contribution in [1.29, 1.82) is 5.26 Å². The number of anilines is 1. The highest BCUT2D eigenvalue weighted by molar-refractivity contribution is 5.51. The number of rotatable bonds is 4. The Morgan fingerprint density at radius 3 is 2.71 bits per heavy atom. The summed E-state index contributed by atoms with van der Waals surface area (Å²) in [6, 6.07) is 6.83. The predicted octanol–water partition coefficient (Wildman–Crippen LogP) is 2.05. The van der Waals surface area contributed by atoms with Crippen LogP contribution in [-0.4, -0.2) is 24.3 Å². The fourth-order valence-electron chi connectivity index (χ4n) is 2.10. The molecule has 90 valence electrons. The van der Waals surface area contributed by atoms with E-state index in [2.05, 4.69) is 0 Å². The molecular weight excluding hydrogens is 219 g/mol. The van der Waals surface area contributed by atoms with Crippen LogP contribution in [0.1, 0.15) is 24.8 Å². The Kier molecular flexibility index (Phi) is 3.60. The molecule has 4 heteroatoms. The Hall–Kier alpha value is -1.60. The van der Waals surface area contributed by atoms with Gasteiger partial charge in [-0.2, -0.15) is 5.26 Å². The average molecular weight is 234 g/mol. The van der Waals surface area contributed by atoms with Crippen molar-refractivity contribution in [2.75, 3.05) is 18.1 Å². The maximum absolute atomic E-state index is 13.5. The normalized spacial score (nSPS) is 15.1. The number of halogens is 1. The Labute approximate surface area is 100 Å². The van der Waals surface area contributed by atoms with E-state index in [1.165, 1.54) is 18.6 Å². The van der Waals surface area contributed by atoms with Crippen molar-refractivity contribution >= 4 is 5.69 Å². The number of hydrogen-bond donors (Lipinski definition) is 1. The first kappa shape index (κ1) is 11.9. The second kappa shape index (κ2) is 5.15. The first-order valence-electron chi connectivity index (χ1n) is 5.83. The maximum Gasteiger partial charge on any atom is 0.143 e. The van der Waals surface area contributed by atoms with Gasteiger partial charge in [-0.15, -0.1) is 0 Å². The minimum absolute atomic E-state index is 0.0537. The van der Waals surface area contributed by atoms with Crippen LogP contribution in [0.15, 0.2) is 18.2 Å². The highest BCUT2D eigenvalue weighted by Crippen LogP contribution is 2.30. The van der Waals surface area contributed by atoms with E-state index >= 15 is 0 Å². The molecule has 0 aromatic heterocycles. The molecule has 0 spiro atoms. The number of nitrogens with zero attached hydrogens (tertiary/aromatic N) is 2. The van der Waals surface area contributed by atoms with Crippen molar-refractivity contribution in [2.24, 2.45) is 0 Å². The summed E-state index contributed by atoms with van der Waals surface area (Å²) in [5, 5.41) is 17.7. The Bertz CT molecular complexity index is 438. The van der Waals surface area contributed by atoms with Crippen molar-refractivity contribution in [1.82, 2.24) is 0 Å². The van der Waals surface area contributed by atoms with Crippen molar-refractivity contribution in [2.45, 2.75) is 25.3 Å². The fraction of sp³-hybridized carbons (Fsp3) is 0.462. The van der Waals surface area contributed by atoms with Crippen LogP contribution in [0, 0.1) is 17.1 Å². The fourth-order valence-corrected chi connectivity index (χ4v) is 2.10. The number of aliphatic hydroxyl groups excluding tert-OH is 1. The van der Waals surface area contributed by atoms with Crippen LogP contribution in [0.4, 0.5) is 10.1 Å². The second-order valence-electron chi connectivity index (χ2n) is 4.28. The van der Waals surface area contributed by atoms with E-state index < -0.39 is 5.82 Å². The van der Waals surface area contributed by atoms with Gasteiger partial charge in [0.1, 0.15) is 11.9 Å². The van der Waals surface area contributed by atoms with Gasteiger partial charge in [-0.25, -0.2) is 4.39 Å². The summed E-state index contributed by atoms with van der Waals surface area (Å²) in [6.07, 6.45) is 3.36. The topological polar surface area (TPSA) is 47.3 Å². The van der Waals surface area contributed by atoms with E-state index in [4.69, 9.17) is 10.4 Å². The highest BCUT2D eigenvalue weighted by atomic mass is 19.1. The van der Waals surface area contributed by atoms with Crippen LogP contribution < -0.4 is 4.90 Å². The molecule has 0 bridgehead atoms. The highest BCUT2D eigenvalue weighted by Gasteiger charge is 2.25. The van der Waals surface area contributed by atoms with E-state index in [9.17, 15) is 4.39 Å². The van der Waals surface area contributed by atoms with E-state index in [0.29, 0.717) is 12.6 Å². The van der Waals surface area contributed by atoms with Crippen molar-refractivity contribution in [3.63, 3.8) is 0 Å². The molecule has 3 nitrogen and oxygen atoms in total. The zero-order valence-electron chi connectivity index (χ0n) is 9.56. The Balaban J connectivity index is 2.23. The lowest BCUT2D eigenvalue weighted by atomic mass is 9.91. The summed E-state index contributed by atoms with van der Waals surface area (Å²) >= 11 is 0. The van der Waals surface area contributed by atoms with Gasteiger partial charge in [0.15, 0.2) is 0 Å². The van der Waals surface area contributed by atoms with E-state index in [0.717, 1.165) is 18.5 Å². The number of benzene rings is 1. The summed E-state index contributed by atoms with van der Waals surface area (Å²) in [5.74, 6) is -0.493. The van der Waals surface area contributed by atoms with E-state index in [1.54, 1.807) is 6.07 Å². The molecule has 17 heavy (non-hydrogen) atoms. The molecule has 1 aliphatic rings. The summed E-state index contributed by atoms with van der Waals surface area (Å²) in [5.41, 5.74) is 0.812. The third-order valence-corrected chi connectivity index (χ3v) is 3.26. The molecular formula is C13H15FN2O. The van der Waals surface area contributed by atoms with Gasteiger partial charge in [-0.3, -0.25) is 0 Å². The third kappa shape index (κ3) is 2.40. The molecule has 1 aromatic rings. The zero-order valence-corrected chi connectivity index (χ0v) is 9.56. The minimum Gasteiger partial charge on any atom is -0.395 e. The Morgan fingerprint density at radius 1 is 1.47 bits per heavy atom. The summed E-state index contributed by atoms with van der Waals surface area (Å²) in [7, 11) is 0. The molecule has 1 aliphatic carbocycles. The summed E-state index contributed by atoms with van der Waals surface area (Å²) in [6.45, 7) is 0.564. The van der Waals surface area contributed by atoms with Gasteiger partial charge in [-0.05, 0) is 37.5 Å². The lowest BCUT2D eigenvalue weighted by molar-refractivity contribution is 0.283. The lowest BCUT2D eigenvalue weighted by Gasteiger charge is -2.39. The van der Waals surface area contributed by atoms with Crippen LogP contribution in [0.3, 0.4) is 0 Å². The number of nitriles is 1. The number of aliphatic hydroxyl groups is 1. The first-order chi connectivity index (χ1) is 8.26. The zero-order chi connectivity index (χ0) is 12.3. The van der Waals surface area contributed by atoms with Gasteiger partial charge in [-0.1, -0.05) is 0 Å².